The first-order valence-electron chi connectivity index (χ1n) is 9.65. The Morgan fingerprint density at radius 2 is 1.61 bits per heavy atom. The van der Waals surface area contributed by atoms with Crippen LogP contribution in [0.4, 0.5) is 0 Å². The highest BCUT2D eigenvalue weighted by Gasteiger charge is 2.20. The van der Waals surface area contributed by atoms with Crippen LogP contribution in [0.25, 0.3) is 11.1 Å². The molecule has 2 aromatic carbocycles. The number of aryl methyl sites for hydroxylation is 1. The summed E-state index contributed by atoms with van der Waals surface area (Å²) in [5.74, 6) is -0.313. The molecular weight excluding hydrogens is 354 g/mol. The van der Waals surface area contributed by atoms with Gasteiger partial charge in [0.2, 0.25) is 0 Å². The largest absolute Gasteiger partial charge is 0.484 e. The van der Waals surface area contributed by atoms with Crippen LogP contribution in [0.2, 0.25) is 0 Å². The van der Waals surface area contributed by atoms with Gasteiger partial charge in [-0.25, -0.2) is 4.79 Å². The lowest BCUT2D eigenvalue weighted by Gasteiger charge is -2.30. The van der Waals surface area contributed by atoms with Gasteiger partial charge in [-0.3, -0.25) is 4.79 Å². The van der Waals surface area contributed by atoms with E-state index in [-0.39, 0.29) is 30.2 Å². The maximum atomic E-state index is 12.5. The lowest BCUT2D eigenvalue weighted by molar-refractivity contribution is -0.136. The number of hydrogen-bond acceptors (Lipinski definition) is 3. The van der Waals surface area contributed by atoms with Crippen molar-refractivity contribution in [2.24, 2.45) is 0 Å². The lowest BCUT2D eigenvalue weighted by Crippen LogP contribution is -2.44. The molecule has 0 aromatic heterocycles. The van der Waals surface area contributed by atoms with Gasteiger partial charge in [0.1, 0.15) is 5.75 Å². The number of carboxylic acid groups (broad SMARTS) is 1. The average molecular weight is 383 g/mol. The quantitative estimate of drug-likeness (QED) is 0.721. The van der Waals surface area contributed by atoms with Crippen molar-refractivity contribution in [2.75, 3.05) is 6.61 Å². The summed E-state index contributed by atoms with van der Waals surface area (Å²) in [4.78, 5) is 25.3. The molecule has 0 atom stereocenters. The van der Waals surface area contributed by atoms with E-state index in [1.54, 1.807) is 12.1 Å². The third-order valence-corrected chi connectivity index (χ3v) is 4.66. The molecule has 0 radical (unpaired) electrons. The Morgan fingerprint density at radius 1 is 1.00 bits per heavy atom. The first-order chi connectivity index (χ1) is 13.2. The van der Waals surface area contributed by atoms with Crippen LogP contribution in [0, 0.1) is 0 Å². The molecule has 0 aliphatic rings. The fourth-order valence-corrected chi connectivity index (χ4v) is 3.42. The summed E-state index contributed by atoms with van der Waals surface area (Å²) in [5.41, 5.74) is 3.33. The highest BCUT2D eigenvalue weighted by atomic mass is 16.5. The van der Waals surface area contributed by atoms with Crippen molar-refractivity contribution < 1.29 is 19.4 Å². The van der Waals surface area contributed by atoms with Crippen LogP contribution in [0.5, 0.6) is 5.75 Å². The Bertz CT molecular complexity index is 817. The number of rotatable bonds is 8. The Labute approximate surface area is 166 Å². The van der Waals surface area contributed by atoms with Crippen LogP contribution >= 0.6 is 0 Å². The van der Waals surface area contributed by atoms with Gasteiger partial charge in [0.05, 0.1) is 5.56 Å². The van der Waals surface area contributed by atoms with E-state index < -0.39 is 5.97 Å². The van der Waals surface area contributed by atoms with Gasteiger partial charge in [0, 0.05) is 12.1 Å². The maximum absolute atomic E-state index is 12.5. The average Bonchev–Trinajstić information content (AvgIpc) is 2.65. The van der Waals surface area contributed by atoms with Crippen molar-refractivity contribution in [1.29, 1.82) is 0 Å². The minimum atomic E-state index is -0.937. The van der Waals surface area contributed by atoms with Crippen molar-refractivity contribution in [1.82, 2.24) is 4.90 Å². The van der Waals surface area contributed by atoms with Gasteiger partial charge in [0.15, 0.2) is 6.61 Å². The zero-order valence-corrected chi connectivity index (χ0v) is 17.2. The summed E-state index contributed by atoms with van der Waals surface area (Å²) in [7, 11) is 0. The third kappa shape index (κ3) is 5.12. The number of aromatic carboxylic acids is 1. The van der Waals surface area contributed by atoms with E-state index in [4.69, 9.17) is 9.84 Å². The molecule has 0 saturated carbocycles. The predicted molar refractivity (Wildman–Crippen MR) is 111 cm³/mol. The molecule has 2 aromatic rings. The van der Waals surface area contributed by atoms with Crippen LogP contribution < -0.4 is 4.74 Å². The summed E-state index contributed by atoms with van der Waals surface area (Å²) in [5, 5.41) is 9.05. The highest BCUT2D eigenvalue weighted by Crippen LogP contribution is 2.28. The van der Waals surface area contributed by atoms with Gasteiger partial charge in [-0.15, -0.1) is 0 Å². The first-order valence-corrected chi connectivity index (χ1v) is 9.65. The molecule has 0 unspecified atom stereocenters. The third-order valence-electron chi connectivity index (χ3n) is 4.66. The molecule has 28 heavy (non-hydrogen) atoms. The SMILES string of the molecule is CCc1cc(OCC(=O)N(C(C)C)C(C)C)ccc1-c1ccc(C(=O)O)cc1. The van der Waals surface area contributed by atoms with E-state index in [1.807, 2.05) is 62.9 Å². The van der Waals surface area contributed by atoms with Crippen molar-refractivity contribution in [3.8, 4) is 16.9 Å². The van der Waals surface area contributed by atoms with Gasteiger partial charge >= 0.3 is 5.97 Å². The number of carbonyl (C=O) groups is 2. The van der Waals surface area contributed by atoms with E-state index in [1.165, 1.54) is 0 Å². The number of carboxylic acids is 1. The fourth-order valence-electron chi connectivity index (χ4n) is 3.42. The molecular formula is C23H29NO4. The topological polar surface area (TPSA) is 66.8 Å². The number of amides is 1. The van der Waals surface area contributed by atoms with E-state index >= 15 is 0 Å². The molecule has 150 valence electrons. The van der Waals surface area contributed by atoms with Gasteiger partial charge in [-0.05, 0) is 75.1 Å². The van der Waals surface area contributed by atoms with E-state index in [0.717, 1.165) is 23.1 Å². The molecule has 0 saturated heterocycles. The van der Waals surface area contributed by atoms with Crippen LogP contribution in [0.15, 0.2) is 42.5 Å². The second kappa shape index (κ2) is 9.40. The minimum absolute atomic E-state index is 0.00612. The molecule has 1 amide bonds. The molecule has 0 aliphatic carbocycles. The van der Waals surface area contributed by atoms with Crippen molar-refractivity contribution in [2.45, 2.75) is 53.1 Å². The molecule has 2 rings (SSSR count). The monoisotopic (exact) mass is 383 g/mol. The number of ether oxygens (including phenoxy) is 1. The second-order valence-electron chi connectivity index (χ2n) is 7.33. The number of hydrogen-bond donors (Lipinski definition) is 1. The van der Waals surface area contributed by atoms with Crippen LogP contribution in [-0.4, -0.2) is 40.6 Å². The Kier molecular flexibility index (Phi) is 7.21. The molecule has 0 aliphatic heterocycles. The normalized spacial score (nSPS) is 11.0. The standard InChI is InChI=1S/C23H29NO4/c1-6-17-13-20(28-14-22(25)24(15(2)3)16(4)5)11-12-21(17)18-7-9-19(10-8-18)23(26)27/h7-13,15-16H,6,14H2,1-5H3,(H,26,27). The summed E-state index contributed by atoms with van der Waals surface area (Å²) in [6.45, 7) is 10.1. The second-order valence-corrected chi connectivity index (χ2v) is 7.33. The van der Waals surface area contributed by atoms with E-state index in [0.29, 0.717) is 5.75 Å². The molecule has 5 heteroatoms. The zero-order valence-electron chi connectivity index (χ0n) is 17.2. The minimum Gasteiger partial charge on any atom is -0.484 e. The summed E-state index contributed by atoms with van der Waals surface area (Å²) in [6.07, 6.45) is 0.797. The molecule has 0 bridgehead atoms. The summed E-state index contributed by atoms with van der Waals surface area (Å²) >= 11 is 0. The molecule has 0 fully saturated rings. The zero-order chi connectivity index (χ0) is 20.8. The van der Waals surface area contributed by atoms with Crippen LogP contribution in [0.1, 0.15) is 50.5 Å². The fraction of sp³-hybridized carbons (Fsp3) is 0.391. The summed E-state index contributed by atoms with van der Waals surface area (Å²) in [6, 6.07) is 12.8. The van der Waals surface area contributed by atoms with Gasteiger partial charge < -0.3 is 14.7 Å². The number of benzene rings is 2. The summed E-state index contributed by atoms with van der Waals surface area (Å²) < 4.78 is 5.76. The van der Waals surface area contributed by atoms with Gasteiger partial charge in [-0.2, -0.15) is 0 Å². The lowest BCUT2D eigenvalue weighted by atomic mass is 9.97. The van der Waals surface area contributed by atoms with Crippen LogP contribution in [-0.2, 0) is 11.2 Å². The molecule has 1 N–H and O–H groups in total. The highest BCUT2D eigenvalue weighted by molar-refractivity contribution is 5.88. The van der Waals surface area contributed by atoms with Crippen LogP contribution in [0.3, 0.4) is 0 Å². The van der Waals surface area contributed by atoms with Gasteiger partial charge in [-0.1, -0.05) is 25.1 Å². The van der Waals surface area contributed by atoms with Crippen molar-refractivity contribution in [3.05, 3.63) is 53.6 Å². The smallest absolute Gasteiger partial charge is 0.335 e. The van der Waals surface area contributed by atoms with E-state index in [9.17, 15) is 9.59 Å². The Balaban J connectivity index is 2.16. The van der Waals surface area contributed by atoms with Gasteiger partial charge in [0.25, 0.3) is 5.91 Å². The Hall–Kier alpha value is -2.82. The number of carbonyl (C=O) groups excluding carboxylic acids is 1. The Morgan fingerprint density at radius 3 is 2.11 bits per heavy atom. The van der Waals surface area contributed by atoms with Crippen molar-refractivity contribution >= 4 is 11.9 Å². The predicted octanol–water partition coefficient (Wildman–Crippen LogP) is 4.64. The van der Waals surface area contributed by atoms with E-state index in [2.05, 4.69) is 6.92 Å². The number of nitrogens with zero attached hydrogens (tertiary/aromatic N) is 1. The molecule has 5 nitrogen and oxygen atoms in total. The molecule has 0 spiro atoms. The first kappa shape index (κ1) is 21.5. The molecule has 0 heterocycles. The maximum Gasteiger partial charge on any atom is 0.335 e. The van der Waals surface area contributed by atoms with Crippen molar-refractivity contribution in [3.63, 3.8) is 0 Å².